The summed E-state index contributed by atoms with van der Waals surface area (Å²) in [7, 11) is 0. The third-order valence-corrected chi connectivity index (χ3v) is 5.99. The van der Waals surface area contributed by atoms with Gasteiger partial charge in [0, 0.05) is 31.3 Å². The highest BCUT2D eigenvalue weighted by molar-refractivity contribution is 5.95. The molecule has 4 atom stereocenters. The molecule has 4 rings (SSSR count). The molecule has 1 amide bonds. The van der Waals surface area contributed by atoms with E-state index in [0.717, 1.165) is 17.8 Å². The number of aliphatic hydroxyl groups is 2. The van der Waals surface area contributed by atoms with E-state index in [-0.39, 0.29) is 31.5 Å². The smallest absolute Gasteiger partial charge is 0.396 e. The number of carbonyl (C=O) groups excluding carboxylic acids is 1. The number of aromatic nitrogens is 1. The molecule has 1 spiro atoms. The van der Waals surface area contributed by atoms with Gasteiger partial charge in [0.05, 0.1) is 11.7 Å². The molecular weight excluding hydrogens is 373 g/mol. The van der Waals surface area contributed by atoms with E-state index in [1.165, 1.54) is 11.0 Å². The van der Waals surface area contributed by atoms with Crippen LogP contribution >= 0.6 is 0 Å². The van der Waals surface area contributed by atoms with Crippen LogP contribution in [0.5, 0.6) is 0 Å². The van der Waals surface area contributed by atoms with Crippen molar-refractivity contribution in [1.82, 2.24) is 9.88 Å². The van der Waals surface area contributed by atoms with Gasteiger partial charge in [0.15, 0.2) is 5.69 Å². The Kier molecular flexibility index (Phi) is 4.43. The first-order chi connectivity index (χ1) is 13.3. The zero-order chi connectivity index (χ0) is 20.1. The molecule has 2 aliphatic rings. The highest BCUT2D eigenvalue weighted by atomic mass is 19.4. The fraction of sp³-hybridized carbons (Fsp3) is 0.400. The summed E-state index contributed by atoms with van der Waals surface area (Å²) in [5, 5.41) is 20.5. The first-order valence-electron chi connectivity index (χ1n) is 8.96. The van der Waals surface area contributed by atoms with E-state index in [0.29, 0.717) is 0 Å². The Hall–Kier alpha value is -2.45. The highest BCUT2D eigenvalue weighted by Gasteiger charge is 2.71. The van der Waals surface area contributed by atoms with E-state index in [1.54, 1.807) is 0 Å². The van der Waals surface area contributed by atoms with E-state index < -0.39 is 34.9 Å². The molecule has 1 aromatic carbocycles. The SMILES string of the molecule is O=C(c1cccnc1C(F)(F)F)N1C[C@@H](O)[C@@]2(C1)[C@H](CO)[C@H]2c1ccccc1. The number of halogens is 3. The van der Waals surface area contributed by atoms with Gasteiger partial charge in [0.25, 0.3) is 5.91 Å². The van der Waals surface area contributed by atoms with Crippen molar-refractivity contribution in [2.24, 2.45) is 11.3 Å². The van der Waals surface area contributed by atoms with Gasteiger partial charge in [-0.3, -0.25) is 9.78 Å². The predicted molar refractivity (Wildman–Crippen MR) is 93.3 cm³/mol. The lowest BCUT2D eigenvalue weighted by atomic mass is 9.95. The second kappa shape index (κ2) is 6.56. The van der Waals surface area contributed by atoms with Crippen molar-refractivity contribution in [3.63, 3.8) is 0 Å². The lowest BCUT2D eigenvalue weighted by Gasteiger charge is -2.19. The maximum absolute atomic E-state index is 13.2. The van der Waals surface area contributed by atoms with Crippen LogP contribution in [0.25, 0.3) is 0 Å². The van der Waals surface area contributed by atoms with Gasteiger partial charge in [-0.05, 0) is 29.5 Å². The quantitative estimate of drug-likeness (QED) is 0.841. The van der Waals surface area contributed by atoms with E-state index in [1.807, 2.05) is 30.3 Å². The first-order valence-corrected chi connectivity index (χ1v) is 8.96. The van der Waals surface area contributed by atoms with Gasteiger partial charge in [-0.25, -0.2) is 0 Å². The fourth-order valence-corrected chi connectivity index (χ4v) is 4.70. The minimum atomic E-state index is -4.75. The molecule has 2 heterocycles. The van der Waals surface area contributed by atoms with Crippen molar-refractivity contribution in [1.29, 1.82) is 0 Å². The molecular formula is C20H19F3N2O3. The number of aliphatic hydroxyl groups excluding tert-OH is 2. The minimum Gasteiger partial charge on any atom is -0.396 e. The number of hydrogen-bond donors (Lipinski definition) is 2. The van der Waals surface area contributed by atoms with Gasteiger partial charge in [-0.1, -0.05) is 30.3 Å². The zero-order valence-corrected chi connectivity index (χ0v) is 14.8. The molecule has 2 aromatic rings. The summed E-state index contributed by atoms with van der Waals surface area (Å²) in [6.45, 7) is -0.159. The van der Waals surface area contributed by atoms with Crippen molar-refractivity contribution in [3.8, 4) is 0 Å². The molecule has 0 radical (unpaired) electrons. The van der Waals surface area contributed by atoms with Crippen molar-refractivity contribution in [2.75, 3.05) is 19.7 Å². The second-order valence-corrected chi connectivity index (χ2v) is 7.39. The van der Waals surface area contributed by atoms with Crippen LogP contribution < -0.4 is 0 Å². The summed E-state index contributed by atoms with van der Waals surface area (Å²) in [4.78, 5) is 17.4. The molecule has 148 valence electrons. The Morgan fingerprint density at radius 1 is 1.21 bits per heavy atom. The molecule has 8 heteroatoms. The highest BCUT2D eigenvalue weighted by Crippen LogP contribution is 2.68. The number of carbonyl (C=O) groups is 1. The molecule has 5 nitrogen and oxygen atoms in total. The number of pyridine rings is 1. The van der Waals surface area contributed by atoms with Gasteiger partial charge in [0.1, 0.15) is 0 Å². The van der Waals surface area contributed by atoms with Gasteiger partial charge in [-0.2, -0.15) is 13.2 Å². The Bertz CT molecular complexity index is 890. The number of alkyl halides is 3. The van der Waals surface area contributed by atoms with Gasteiger partial charge in [0.2, 0.25) is 0 Å². The monoisotopic (exact) mass is 392 g/mol. The predicted octanol–water partition coefficient (Wildman–Crippen LogP) is 2.31. The Morgan fingerprint density at radius 3 is 2.57 bits per heavy atom. The molecule has 28 heavy (non-hydrogen) atoms. The molecule has 0 unspecified atom stereocenters. The summed E-state index contributed by atoms with van der Waals surface area (Å²) in [6.07, 6.45) is -4.68. The van der Waals surface area contributed by atoms with Crippen molar-refractivity contribution in [3.05, 3.63) is 65.5 Å². The summed E-state index contributed by atoms with van der Waals surface area (Å²) >= 11 is 0. The largest absolute Gasteiger partial charge is 0.434 e. The van der Waals surface area contributed by atoms with E-state index in [9.17, 15) is 28.2 Å². The van der Waals surface area contributed by atoms with Crippen molar-refractivity contribution >= 4 is 5.91 Å². The number of nitrogens with zero attached hydrogens (tertiary/aromatic N) is 2. The van der Waals surface area contributed by atoms with Crippen LogP contribution in [-0.2, 0) is 6.18 Å². The van der Waals surface area contributed by atoms with Crippen LogP contribution in [0.2, 0.25) is 0 Å². The summed E-state index contributed by atoms with van der Waals surface area (Å²) < 4.78 is 39.7. The average molecular weight is 392 g/mol. The van der Waals surface area contributed by atoms with Gasteiger partial charge >= 0.3 is 6.18 Å². The normalized spacial score (nSPS) is 29.3. The first kappa shape index (κ1) is 18.9. The van der Waals surface area contributed by atoms with Crippen LogP contribution in [0.15, 0.2) is 48.7 Å². The lowest BCUT2D eigenvalue weighted by molar-refractivity contribution is -0.141. The molecule has 1 aliphatic heterocycles. The molecule has 2 N–H and O–H groups in total. The van der Waals surface area contributed by atoms with Crippen LogP contribution in [0.4, 0.5) is 13.2 Å². The molecule has 1 aromatic heterocycles. The standard InChI is InChI=1S/C20H19F3N2O3/c21-20(22,23)17-13(7-4-8-24-17)18(28)25-9-15(27)19(11-25)14(10-26)16(19)12-5-2-1-3-6-12/h1-8,14-16,26-27H,9-11H2/t14-,15-,16-,19-/m1/s1. The van der Waals surface area contributed by atoms with E-state index >= 15 is 0 Å². The zero-order valence-electron chi connectivity index (χ0n) is 14.8. The summed E-state index contributed by atoms with van der Waals surface area (Å²) in [6, 6.07) is 11.7. The Morgan fingerprint density at radius 2 is 1.93 bits per heavy atom. The number of β-amino-alcohol motifs (C(OH)–C–C–N with tert-alkyl or cyclic N) is 1. The number of amides is 1. The lowest BCUT2D eigenvalue weighted by Crippen LogP contribution is -2.32. The van der Waals surface area contributed by atoms with Crippen LogP contribution in [-0.4, -0.2) is 51.8 Å². The van der Waals surface area contributed by atoms with Crippen LogP contribution in [0, 0.1) is 11.3 Å². The van der Waals surface area contributed by atoms with E-state index in [2.05, 4.69) is 4.98 Å². The molecule has 1 aliphatic carbocycles. The maximum atomic E-state index is 13.2. The Balaban J connectivity index is 1.63. The number of likely N-dealkylation sites (tertiary alicyclic amines) is 1. The van der Waals surface area contributed by atoms with Gasteiger partial charge < -0.3 is 15.1 Å². The van der Waals surface area contributed by atoms with Crippen LogP contribution in [0.3, 0.4) is 0 Å². The molecule has 1 saturated heterocycles. The summed E-state index contributed by atoms with van der Waals surface area (Å²) in [5.41, 5.74) is -1.57. The number of hydrogen-bond acceptors (Lipinski definition) is 4. The third kappa shape index (κ3) is 2.79. The second-order valence-electron chi connectivity index (χ2n) is 7.39. The molecule has 2 fully saturated rings. The topological polar surface area (TPSA) is 73.7 Å². The molecule has 0 bridgehead atoms. The maximum Gasteiger partial charge on any atom is 0.434 e. The van der Waals surface area contributed by atoms with Gasteiger partial charge in [-0.15, -0.1) is 0 Å². The van der Waals surface area contributed by atoms with Crippen molar-refractivity contribution < 1.29 is 28.2 Å². The number of rotatable bonds is 3. The Labute approximate surface area is 159 Å². The minimum absolute atomic E-state index is 0.0785. The number of benzene rings is 1. The van der Waals surface area contributed by atoms with E-state index in [4.69, 9.17) is 0 Å². The average Bonchev–Trinajstić information content (AvgIpc) is 3.22. The molecule has 1 saturated carbocycles. The van der Waals surface area contributed by atoms with Crippen molar-refractivity contribution in [2.45, 2.75) is 18.2 Å². The van der Waals surface area contributed by atoms with Crippen LogP contribution in [0.1, 0.15) is 27.5 Å². The summed E-state index contributed by atoms with van der Waals surface area (Å²) in [5.74, 6) is -1.21. The fourth-order valence-electron chi connectivity index (χ4n) is 4.70. The third-order valence-electron chi connectivity index (χ3n) is 5.99.